The summed E-state index contributed by atoms with van der Waals surface area (Å²) in [5.41, 5.74) is 8.06. The highest BCUT2D eigenvalue weighted by Gasteiger charge is 2.12. The summed E-state index contributed by atoms with van der Waals surface area (Å²) in [6.45, 7) is 3.81. The molecule has 2 aromatic rings. The van der Waals surface area contributed by atoms with Gasteiger partial charge in [0.05, 0.1) is 5.69 Å². The normalized spacial score (nSPS) is 10.8. The molecule has 2 nitrogen and oxygen atoms in total. The third kappa shape index (κ3) is 2.47. The van der Waals surface area contributed by atoms with Crippen molar-refractivity contribution < 1.29 is 4.39 Å². The van der Waals surface area contributed by atoms with E-state index in [-0.39, 0.29) is 5.82 Å². The Morgan fingerprint density at radius 3 is 2.88 bits per heavy atom. The SMILES string of the molecule is CCc1nc(N)sc1Cc1cccc(C)c1F. The molecule has 0 unspecified atom stereocenters. The maximum absolute atomic E-state index is 13.9. The van der Waals surface area contributed by atoms with Crippen LogP contribution in [0.5, 0.6) is 0 Å². The van der Waals surface area contributed by atoms with E-state index in [2.05, 4.69) is 4.98 Å². The molecule has 0 fully saturated rings. The van der Waals surface area contributed by atoms with Crippen molar-refractivity contribution in [2.45, 2.75) is 26.7 Å². The number of aryl methyl sites for hydroxylation is 2. The molecule has 1 aromatic carbocycles. The Hall–Kier alpha value is -1.42. The van der Waals surface area contributed by atoms with Gasteiger partial charge in [-0.1, -0.05) is 25.1 Å². The van der Waals surface area contributed by atoms with Gasteiger partial charge in [-0.15, -0.1) is 11.3 Å². The van der Waals surface area contributed by atoms with Crippen molar-refractivity contribution in [3.05, 3.63) is 45.7 Å². The van der Waals surface area contributed by atoms with Gasteiger partial charge in [-0.25, -0.2) is 9.37 Å². The summed E-state index contributed by atoms with van der Waals surface area (Å²) in [7, 11) is 0. The minimum Gasteiger partial charge on any atom is -0.375 e. The number of nitrogen functional groups attached to an aromatic ring is 1. The van der Waals surface area contributed by atoms with E-state index in [1.54, 1.807) is 13.0 Å². The highest BCUT2D eigenvalue weighted by molar-refractivity contribution is 7.15. The Balaban J connectivity index is 2.34. The van der Waals surface area contributed by atoms with Crippen LogP contribution in [0.15, 0.2) is 18.2 Å². The largest absolute Gasteiger partial charge is 0.375 e. The molecule has 0 atom stereocenters. The van der Waals surface area contributed by atoms with Crippen LogP contribution in [0.3, 0.4) is 0 Å². The van der Waals surface area contributed by atoms with Gasteiger partial charge >= 0.3 is 0 Å². The van der Waals surface area contributed by atoms with Crippen molar-refractivity contribution >= 4 is 16.5 Å². The topological polar surface area (TPSA) is 38.9 Å². The minimum absolute atomic E-state index is 0.124. The summed E-state index contributed by atoms with van der Waals surface area (Å²) in [5, 5.41) is 0.560. The van der Waals surface area contributed by atoms with E-state index in [9.17, 15) is 4.39 Å². The van der Waals surface area contributed by atoms with Gasteiger partial charge in [-0.05, 0) is 24.5 Å². The molecule has 0 bridgehead atoms. The molecule has 0 saturated heterocycles. The summed E-state index contributed by atoms with van der Waals surface area (Å²) in [4.78, 5) is 5.32. The number of rotatable bonds is 3. The minimum atomic E-state index is -0.124. The molecule has 0 saturated carbocycles. The van der Waals surface area contributed by atoms with E-state index in [1.165, 1.54) is 11.3 Å². The fraction of sp³-hybridized carbons (Fsp3) is 0.308. The fourth-order valence-electron chi connectivity index (χ4n) is 1.84. The Morgan fingerprint density at radius 1 is 1.41 bits per heavy atom. The number of benzene rings is 1. The highest BCUT2D eigenvalue weighted by Crippen LogP contribution is 2.25. The van der Waals surface area contributed by atoms with Gasteiger partial charge < -0.3 is 5.73 Å². The molecule has 0 aliphatic heterocycles. The van der Waals surface area contributed by atoms with Crippen LogP contribution in [0, 0.1) is 12.7 Å². The first-order valence-electron chi connectivity index (χ1n) is 5.59. The molecule has 90 valence electrons. The first-order chi connectivity index (χ1) is 8.11. The molecule has 0 spiro atoms. The number of aromatic nitrogens is 1. The molecule has 2 N–H and O–H groups in total. The van der Waals surface area contributed by atoms with Gasteiger partial charge in [-0.2, -0.15) is 0 Å². The van der Waals surface area contributed by atoms with Crippen LogP contribution in [0.25, 0.3) is 0 Å². The molecule has 1 heterocycles. The molecular formula is C13H15FN2S. The summed E-state index contributed by atoms with van der Waals surface area (Å²) in [6, 6.07) is 5.47. The van der Waals surface area contributed by atoms with E-state index in [1.807, 2.05) is 19.1 Å². The average molecular weight is 250 g/mol. The van der Waals surface area contributed by atoms with Gasteiger partial charge in [0.2, 0.25) is 0 Å². The van der Waals surface area contributed by atoms with Crippen LogP contribution in [-0.4, -0.2) is 4.98 Å². The second kappa shape index (κ2) is 4.84. The number of hydrogen-bond donors (Lipinski definition) is 1. The molecule has 2 rings (SSSR count). The van der Waals surface area contributed by atoms with Crippen LogP contribution >= 0.6 is 11.3 Å². The average Bonchev–Trinajstić information content (AvgIpc) is 2.65. The smallest absolute Gasteiger partial charge is 0.180 e. The molecule has 0 amide bonds. The van der Waals surface area contributed by atoms with Crippen LogP contribution in [0.2, 0.25) is 0 Å². The molecule has 1 aromatic heterocycles. The predicted octanol–water partition coefficient (Wildman–Crippen LogP) is 3.33. The number of hydrogen-bond acceptors (Lipinski definition) is 3. The lowest BCUT2D eigenvalue weighted by Crippen LogP contribution is -1.96. The monoisotopic (exact) mass is 250 g/mol. The lowest BCUT2D eigenvalue weighted by atomic mass is 10.1. The number of thiazole rings is 1. The summed E-state index contributed by atoms with van der Waals surface area (Å²) >= 11 is 1.45. The standard InChI is InChI=1S/C13H15FN2S/c1-3-10-11(17-13(15)16-10)7-9-6-4-5-8(2)12(9)14/h4-6H,3,7H2,1-2H3,(H2,15,16). The van der Waals surface area contributed by atoms with E-state index in [4.69, 9.17) is 5.73 Å². The quantitative estimate of drug-likeness (QED) is 0.907. The van der Waals surface area contributed by atoms with Crippen molar-refractivity contribution in [3.63, 3.8) is 0 Å². The van der Waals surface area contributed by atoms with Gasteiger partial charge in [0.25, 0.3) is 0 Å². The molecule has 0 aliphatic carbocycles. The lowest BCUT2D eigenvalue weighted by molar-refractivity contribution is 0.605. The number of nitrogens with two attached hydrogens (primary N) is 1. The van der Waals surface area contributed by atoms with Crippen LogP contribution < -0.4 is 5.73 Å². The lowest BCUT2D eigenvalue weighted by Gasteiger charge is -2.04. The number of halogens is 1. The molecule has 17 heavy (non-hydrogen) atoms. The summed E-state index contributed by atoms with van der Waals surface area (Å²) < 4.78 is 13.9. The number of anilines is 1. The number of nitrogens with zero attached hydrogens (tertiary/aromatic N) is 1. The van der Waals surface area contributed by atoms with Gasteiger partial charge in [0.1, 0.15) is 5.82 Å². The molecule has 0 radical (unpaired) electrons. The van der Waals surface area contributed by atoms with Gasteiger partial charge in [0.15, 0.2) is 5.13 Å². The predicted molar refractivity (Wildman–Crippen MR) is 69.8 cm³/mol. The van der Waals surface area contributed by atoms with E-state index in [0.717, 1.165) is 17.0 Å². The molecule has 4 heteroatoms. The second-order valence-electron chi connectivity index (χ2n) is 4.00. The summed E-state index contributed by atoms with van der Waals surface area (Å²) in [5.74, 6) is -0.124. The van der Waals surface area contributed by atoms with Crippen molar-refractivity contribution in [3.8, 4) is 0 Å². The highest BCUT2D eigenvalue weighted by atomic mass is 32.1. The van der Waals surface area contributed by atoms with Crippen molar-refractivity contribution in [2.24, 2.45) is 0 Å². The maximum atomic E-state index is 13.9. The molecular weight excluding hydrogens is 235 g/mol. The second-order valence-corrected chi connectivity index (χ2v) is 5.12. The third-order valence-electron chi connectivity index (χ3n) is 2.75. The van der Waals surface area contributed by atoms with Crippen molar-refractivity contribution in [2.75, 3.05) is 5.73 Å². The summed E-state index contributed by atoms with van der Waals surface area (Å²) in [6.07, 6.45) is 1.40. The zero-order chi connectivity index (χ0) is 12.4. The first-order valence-corrected chi connectivity index (χ1v) is 6.41. The Morgan fingerprint density at radius 2 is 2.18 bits per heavy atom. The fourth-order valence-corrected chi connectivity index (χ4v) is 2.78. The zero-order valence-electron chi connectivity index (χ0n) is 9.96. The van der Waals surface area contributed by atoms with Gasteiger partial charge in [0, 0.05) is 11.3 Å². The van der Waals surface area contributed by atoms with E-state index >= 15 is 0 Å². The van der Waals surface area contributed by atoms with Crippen LogP contribution in [0.1, 0.15) is 28.6 Å². The van der Waals surface area contributed by atoms with Crippen LogP contribution in [0.4, 0.5) is 9.52 Å². The Kier molecular flexibility index (Phi) is 3.43. The Bertz CT molecular complexity index is 534. The van der Waals surface area contributed by atoms with Crippen LogP contribution in [-0.2, 0) is 12.8 Å². The maximum Gasteiger partial charge on any atom is 0.180 e. The van der Waals surface area contributed by atoms with Crippen molar-refractivity contribution in [1.29, 1.82) is 0 Å². The molecule has 0 aliphatic rings. The van der Waals surface area contributed by atoms with E-state index in [0.29, 0.717) is 22.7 Å². The zero-order valence-corrected chi connectivity index (χ0v) is 10.8. The first kappa shape index (κ1) is 12.0. The van der Waals surface area contributed by atoms with E-state index < -0.39 is 0 Å². The van der Waals surface area contributed by atoms with Crippen molar-refractivity contribution in [1.82, 2.24) is 4.98 Å². The third-order valence-corrected chi connectivity index (χ3v) is 3.68. The Labute approximate surface area is 104 Å². The van der Waals surface area contributed by atoms with Gasteiger partial charge in [-0.3, -0.25) is 0 Å².